The Bertz CT molecular complexity index is 1150. The van der Waals surface area contributed by atoms with Crippen LogP contribution < -0.4 is 21.3 Å². The summed E-state index contributed by atoms with van der Waals surface area (Å²) in [6.07, 6.45) is 1.75. The zero-order valence-corrected chi connectivity index (χ0v) is 15.9. The molecule has 1 N–H and O–H groups in total. The normalized spacial score (nSPS) is 13.1. The van der Waals surface area contributed by atoms with Gasteiger partial charge in [-0.2, -0.15) is 9.78 Å². The smallest absolute Gasteiger partial charge is 0.352 e. The van der Waals surface area contributed by atoms with Gasteiger partial charge in [0.15, 0.2) is 0 Å². The summed E-state index contributed by atoms with van der Waals surface area (Å²) >= 11 is 0. The molecule has 1 aliphatic rings. The quantitative estimate of drug-likeness (QED) is 0.683. The summed E-state index contributed by atoms with van der Waals surface area (Å²) in [5, 5.41) is 6.87. The van der Waals surface area contributed by atoms with Gasteiger partial charge in [0.05, 0.1) is 19.3 Å². The van der Waals surface area contributed by atoms with Gasteiger partial charge in [-0.1, -0.05) is 30.3 Å². The van der Waals surface area contributed by atoms with Gasteiger partial charge in [-0.3, -0.25) is 14.2 Å². The Morgan fingerprint density at radius 3 is 2.41 bits per heavy atom. The maximum atomic E-state index is 13.1. The molecule has 1 saturated carbocycles. The van der Waals surface area contributed by atoms with Crippen LogP contribution in [0.4, 0.5) is 0 Å². The summed E-state index contributed by atoms with van der Waals surface area (Å²) < 4.78 is 7.25. The van der Waals surface area contributed by atoms with Gasteiger partial charge in [0, 0.05) is 6.04 Å². The average molecular weight is 392 g/mol. The van der Waals surface area contributed by atoms with Gasteiger partial charge in [0.25, 0.3) is 11.5 Å². The summed E-state index contributed by atoms with van der Waals surface area (Å²) in [7, 11) is 1.54. The molecule has 1 aromatic heterocycles. The predicted octanol–water partition coefficient (Wildman–Crippen LogP) is 1.34. The molecule has 0 unspecified atom stereocenters. The first-order valence-corrected chi connectivity index (χ1v) is 9.30. The molecule has 0 atom stereocenters. The van der Waals surface area contributed by atoms with E-state index >= 15 is 0 Å². The predicted molar refractivity (Wildman–Crippen MR) is 107 cm³/mol. The van der Waals surface area contributed by atoms with Crippen molar-refractivity contribution in [3.05, 3.63) is 86.7 Å². The van der Waals surface area contributed by atoms with Gasteiger partial charge >= 0.3 is 5.69 Å². The third-order valence-electron chi connectivity index (χ3n) is 4.69. The third kappa shape index (κ3) is 3.96. The Kier molecular flexibility index (Phi) is 4.99. The standard InChI is InChI=1S/C21H20N4O4/c1-29-17-11-9-16(10-12-17)25-21(28)24(13-14-5-3-2-4-6-14)20(27)18(23-25)19(26)22-15-7-8-15/h2-6,9-12,15H,7-8,13H2,1H3,(H,22,26). The van der Waals surface area contributed by atoms with E-state index in [9.17, 15) is 14.4 Å². The molecule has 4 rings (SSSR count). The van der Waals surface area contributed by atoms with Crippen LogP contribution in [0.25, 0.3) is 5.69 Å². The maximum absolute atomic E-state index is 13.1. The molecule has 8 nitrogen and oxygen atoms in total. The topological polar surface area (TPSA) is 95.2 Å². The highest BCUT2D eigenvalue weighted by Crippen LogP contribution is 2.19. The second-order valence-electron chi connectivity index (χ2n) is 6.87. The van der Waals surface area contributed by atoms with Gasteiger partial charge < -0.3 is 10.1 Å². The summed E-state index contributed by atoms with van der Waals surface area (Å²) in [4.78, 5) is 38.6. The first-order valence-electron chi connectivity index (χ1n) is 9.30. The van der Waals surface area contributed by atoms with Crippen molar-refractivity contribution < 1.29 is 9.53 Å². The van der Waals surface area contributed by atoms with E-state index < -0.39 is 17.2 Å². The molecule has 29 heavy (non-hydrogen) atoms. The van der Waals surface area contributed by atoms with Crippen molar-refractivity contribution in [3.63, 3.8) is 0 Å². The lowest BCUT2D eigenvalue weighted by Gasteiger charge is -2.12. The Morgan fingerprint density at radius 2 is 1.79 bits per heavy atom. The van der Waals surface area contributed by atoms with Crippen LogP contribution in [0, 0.1) is 0 Å². The molecule has 0 spiro atoms. The summed E-state index contributed by atoms with van der Waals surface area (Å²) in [6.45, 7) is 0.0425. The summed E-state index contributed by atoms with van der Waals surface area (Å²) in [5.41, 5.74) is -0.428. The fourth-order valence-corrected chi connectivity index (χ4v) is 2.94. The molecule has 1 fully saturated rings. The SMILES string of the molecule is COc1ccc(-n2nc(C(=O)NC3CC3)c(=O)n(Cc3ccccc3)c2=O)cc1. The lowest BCUT2D eigenvalue weighted by Crippen LogP contribution is -2.46. The highest BCUT2D eigenvalue weighted by atomic mass is 16.5. The van der Waals surface area contributed by atoms with E-state index in [-0.39, 0.29) is 18.3 Å². The molecule has 1 amide bonds. The Hall–Kier alpha value is -3.68. The van der Waals surface area contributed by atoms with Crippen LogP contribution in [0.15, 0.2) is 64.2 Å². The number of aromatic nitrogens is 3. The molecular formula is C21H20N4O4. The molecule has 3 aromatic rings. The van der Waals surface area contributed by atoms with Crippen molar-refractivity contribution in [2.75, 3.05) is 7.11 Å². The zero-order chi connectivity index (χ0) is 20.4. The third-order valence-corrected chi connectivity index (χ3v) is 4.69. The lowest BCUT2D eigenvalue weighted by atomic mass is 10.2. The minimum atomic E-state index is -0.707. The van der Waals surface area contributed by atoms with Crippen LogP contribution in [-0.4, -0.2) is 33.4 Å². The van der Waals surface area contributed by atoms with Crippen molar-refractivity contribution in [2.45, 2.75) is 25.4 Å². The van der Waals surface area contributed by atoms with E-state index in [2.05, 4.69) is 10.4 Å². The average Bonchev–Trinajstić information content (AvgIpc) is 3.56. The molecule has 148 valence electrons. The number of methoxy groups -OCH3 is 1. The summed E-state index contributed by atoms with van der Waals surface area (Å²) in [6, 6.07) is 15.8. The van der Waals surface area contributed by atoms with Gasteiger partial charge in [-0.25, -0.2) is 4.79 Å². The number of carbonyl (C=O) groups excluding carboxylic acids is 1. The number of amides is 1. The van der Waals surface area contributed by atoms with Crippen molar-refractivity contribution in [1.29, 1.82) is 0 Å². The fraction of sp³-hybridized carbons (Fsp3) is 0.238. The monoisotopic (exact) mass is 392 g/mol. The molecule has 8 heteroatoms. The van der Waals surface area contributed by atoms with Crippen molar-refractivity contribution in [3.8, 4) is 11.4 Å². The van der Waals surface area contributed by atoms with Crippen molar-refractivity contribution in [1.82, 2.24) is 19.7 Å². The minimum Gasteiger partial charge on any atom is -0.497 e. The van der Waals surface area contributed by atoms with E-state index in [4.69, 9.17) is 4.74 Å². The zero-order valence-electron chi connectivity index (χ0n) is 15.9. The lowest BCUT2D eigenvalue weighted by molar-refractivity contribution is 0.0941. The molecule has 0 bridgehead atoms. The Morgan fingerprint density at radius 1 is 1.10 bits per heavy atom. The molecule has 0 aliphatic heterocycles. The Balaban J connectivity index is 1.84. The van der Waals surface area contributed by atoms with Gasteiger partial charge in [0.1, 0.15) is 5.75 Å². The Labute approximate surface area is 166 Å². The number of hydrogen-bond acceptors (Lipinski definition) is 5. The van der Waals surface area contributed by atoms with Crippen molar-refractivity contribution >= 4 is 5.91 Å². The number of nitrogens with zero attached hydrogens (tertiary/aromatic N) is 3. The summed E-state index contributed by atoms with van der Waals surface area (Å²) in [5.74, 6) is 0.0488. The number of carbonyl (C=O) groups is 1. The molecular weight excluding hydrogens is 372 g/mol. The molecule has 0 saturated heterocycles. The van der Waals surface area contributed by atoms with Gasteiger partial charge in [-0.05, 0) is 42.7 Å². The highest BCUT2D eigenvalue weighted by molar-refractivity contribution is 5.92. The van der Waals surface area contributed by atoms with Gasteiger partial charge in [0.2, 0.25) is 5.69 Å². The minimum absolute atomic E-state index is 0.0425. The van der Waals surface area contributed by atoms with E-state index in [0.717, 1.165) is 27.7 Å². The van der Waals surface area contributed by atoms with E-state index in [1.807, 2.05) is 30.3 Å². The first kappa shape index (κ1) is 18.7. The number of hydrogen-bond donors (Lipinski definition) is 1. The van der Waals surface area contributed by atoms with Crippen molar-refractivity contribution in [2.24, 2.45) is 0 Å². The number of rotatable bonds is 6. The highest BCUT2D eigenvalue weighted by Gasteiger charge is 2.27. The number of nitrogens with one attached hydrogen (secondary N) is 1. The van der Waals surface area contributed by atoms with E-state index in [1.54, 1.807) is 31.4 Å². The van der Waals surface area contributed by atoms with Crippen LogP contribution >= 0.6 is 0 Å². The fourth-order valence-electron chi connectivity index (χ4n) is 2.94. The van der Waals surface area contributed by atoms with Crippen LogP contribution in [0.5, 0.6) is 5.75 Å². The van der Waals surface area contributed by atoms with Gasteiger partial charge in [-0.15, -0.1) is 0 Å². The largest absolute Gasteiger partial charge is 0.497 e. The number of benzene rings is 2. The van der Waals surface area contributed by atoms with Crippen LogP contribution in [0.2, 0.25) is 0 Å². The van der Waals surface area contributed by atoms with E-state index in [0.29, 0.717) is 11.4 Å². The van der Waals surface area contributed by atoms with Crippen LogP contribution in [-0.2, 0) is 6.54 Å². The first-order chi connectivity index (χ1) is 14.1. The molecule has 0 radical (unpaired) electrons. The second-order valence-corrected chi connectivity index (χ2v) is 6.87. The maximum Gasteiger partial charge on any atom is 0.352 e. The molecule has 1 heterocycles. The van der Waals surface area contributed by atoms with Crippen LogP contribution in [0.3, 0.4) is 0 Å². The van der Waals surface area contributed by atoms with E-state index in [1.165, 1.54) is 0 Å². The second kappa shape index (κ2) is 7.75. The molecule has 1 aliphatic carbocycles. The number of ether oxygens (including phenoxy) is 1. The molecule has 2 aromatic carbocycles. The van der Waals surface area contributed by atoms with Crippen LogP contribution in [0.1, 0.15) is 28.9 Å².